The molecule has 4 unspecified atom stereocenters. The van der Waals surface area contributed by atoms with Crippen LogP contribution in [0, 0.1) is 23.2 Å². The lowest BCUT2D eigenvalue weighted by molar-refractivity contribution is -0.137. The van der Waals surface area contributed by atoms with Crippen LogP contribution in [-0.2, 0) is 4.79 Å². The molecular weight excluding hydrogens is 212 g/mol. The summed E-state index contributed by atoms with van der Waals surface area (Å²) >= 11 is 0. The van der Waals surface area contributed by atoms with E-state index in [-0.39, 0.29) is 5.41 Å². The smallest absolute Gasteiger partial charge is 0.229 e. The first-order valence-corrected chi connectivity index (χ1v) is 7.30. The second-order valence-corrected chi connectivity index (χ2v) is 6.69. The maximum Gasteiger partial charge on any atom is 0.229 e. The highest BCUT2D eigenvalue weighted by molar-refractivity contribution is 5.86. The van der Waals surface area contributed by atoms with E-state index in [0.717, 1.165) is 43.9 Å². The van der Waals surface area contributed by atoms with Crippen LogP contribution < -0.4 is 5.32 Å². The Hall–Kier alpha value is -0.570. The first-order chi connectivity index (χ1) is 8.29. The number of hydrogen-bond donors (Lipinski definition) is 1. The molecule has 17 heavy (non-hydrogen) atoms. The highest BCUT2D eigenvalue weighted by Gasteiger charge is 2.61. The molecule has 94 valence electrons. The van der Waals surface area contributed by atoms with Crippen LogP contribution in [0.1, 0.15) is 32.1 Å². The number of fused-ring (bicyclic) bond motifs is 2. The molecule has 0 bridgehead atoms. The molecule has 0 radical (unpaired) electrons. The summed E-state index contributed by atoms with van der Waals surface area (Å²) in [6.07, 6.45) is 6.34. The molecule has 3 heteroatoms. The minimum absolute atomic E-state index is 0.129. The number of amides is 1. The zero-order valence-electron chi connectivity index (χ0n) is 10.5. The average Bonchev–Trinajstić information content (AvgIpc) is 2.71. The van der Waals surface area contributed by atoms with E-state index in [0.29, 0.717) is 5.91 Å². The largest absolute Gasteiger partial charge is 0.342 e. The van der Waals surface area contributed by atoms with E-state index >= 15 is 0 Å². The SMILES string of the molecule is O=C(N1CC2CNCC2C1)C12CCCCC1C2. The molecule has 4 atom stereocenters. The number of carbonyl (C=O) groups is 1. The van der Waals surface area contributed by atoms with Gasteiger partial charge < -0.3 is 10.2 Å². The van der Waals surface area contributed by atoms with Gasteiger partial charge in [0.2, 0.25) is 5.91 Å². The number of hydrogen-bond acceptors (Lipinski definition) is 2. The Labute approximate surface area is 103 Å². The molecule has 4 fully saturated rings. The van der Waals surface area contributed by atoms with E-state index in [9.17, 15) is 4.79 Å². The summed E-state index contributed by atoms with van der Waals surface area (Å²) in [5, 5.41) is 3.45. The zero-order chi connectivity index (χ0) is 11.5. The first kappa shape index (κ1) is 10.4. The van der Waals surface area contributed by atoms with Gasteiger partial charge in [-0.15, -0.1) is 0 Å². The van der Waals surface area contributed by atoms with Crippen LogP contribution in [0.4, 0.5) is 0 Å². The summed E-state index contributed by atoms with van der Waals surface area (Å²) in [6, 6.07) is 0. The van der Waals surface area contributed by atoms with Crippen molar-refractivity contribution in [3.8, 4) is 0 Å². The predicted octanol–water partition coefficient (Wildman–Crippen LogP) is 1.24. The summed E-state index contributed by atoms with van der Waals surface area (Å²) in [4.78, 5) is 14.9. The monoisotopic (exact) mass is 234 g/mol. The van der Waals surface area contributed by atoms with E-state index in [1.165, 1.54) is 32.1 Å². The van der Waals surface area contributed by atoms with Gasteiger partial charge in [0.25, 0.3) is 0 Å². The normalized spacial score (nSPS) is 47.8. The van der Waals surface area contributed by atoms with Crippen LogP contribution in [0.5, 0.6) is 0 Å². The van der Waals surface area contributed by atoms with Crippen LogP contribution in [-0.4, -0.2) is 37.0 Å². The van der Waals surface area contributed by atoms with Crippen LogP contribution in [0.3, 0.4) is 0 Å². The van der Waals surface area contributed by atoms with E-state index < -0.39 is 0 Å². The van der Waals surface area contributed by atoms with Gasteiger partial charge in [0, 0.05) is 26.2 Å². The van der Waals surface area contributed by atoms with Gasteiger partial charge in [-0.25, -0.2) is 0 Å². The summed E-state index contributed by atoms with van der Waals surface area (Å²) < 4.78 is 0. The number of nitrogens with one attached hydrogen (secondary N) is 1. The topological polar surface area (TPSA) is 32.3 Å². The fourth-order valence-corrected chi connectivity index (χ4v) is 4.60. The highest BCUT2D eigenvalue weighted by atomic mass is 16.2. The fraction of sp³-hybridized carbons (Fsp3) is 0.929. The second-order valence-electron chi connectivity index (χ2n) is 6.69. The van der Waals surface area contributed by atoms with Gasteiger partial charge in [-0.2, -0.15) is 0 Å². The molecule has 1 N–H and O–H groups in total. The van der Waals surface area contributed by atoms with Gasteiger partial charge in [0.05, 0.1) is 5.41 Å². The molecule has 2 saturated heterocycles. The van der Waals surface area contributed by atoms with Gasteiger partial charge in [-0.3, -0.25) is 4.79 Å². The quantitative estimate of drug-likeness (QED) is 0.740. The average molecular weight is 234 g/mol. The van der Waals surface area contributed by atoms with Crippen molar-refractivity contribution < 1.29 is 4.79 Å². The Morgan fingerprint density at radius 1 is 1.18 bits per heavy atom. The molecule has 4 rings (SSSR count). The summed E-state index contributed by atoms with van der Waals surface area (Å²) in [7, 11) is 0. The molecule has 0 aromatic rings. The van der Waals surface area contributed by atoms with Crippen molar-refractivity contribution in [1.29, 1.82) is 0 Å². The van der Waals surface area contributed by atoms with Gasteiger partial charge in [-0.1, -0.05) is 12.8 Å². The Kier molecular flexibility index (Phi) is 2.11. The van der Waals surface area contributed by atoms with E-state index in [4.69, 9.17) is 0 Å². The first-order valence-electron chi connectivity index (χ1n) is 7.30. The van der Waals surface area contributed by atoms with Crippen LogP contribution >= 0.6 is 0 Å². The lowest BCUT2D eigenvalue weighted by Crippen LogP contribution is -2.39. The maximum atomic E-state index is 12.7. The lowest BCUT2D eigenvalue weighted by Gasteiger charge is -2.27. The molecule has 3 nitrogen and oxygen atoms in total. The second kappa shape index (κ2) is 3.47. The minimum Gasteiger partial charge on any atom is -0.342 e. The van der Waals surface area contributed by atoms with E-state index in [1.807, 2.05) is 0 Å². The number of rotatable bonds is 1. The van der Waals surface area contributed by atoms with Gasteiger partial charge in [0.15, 0.2) is 0 Å². The Bertz CT molecular complexity index is 344. The van der Waals surface area contributed by atoms with Gasteiger partial charge in [0.1, 0.15) is 0 Å². The Balaban J connectivity index is 1.48. The van der Waals surface area contributed by atoms with Crippen molar-refractivity contribution in [2.24, 2.45) is 23.2 Å². The number of likely N-dealkylation sites (tertiary alicyclic amines) is 1. The molecule has 2 aliphatic carbocycles. The molecule has 4 aliphatic rings. The fourth-order valence-electron chi connectivity index (χ4n) is 4.60. The third-order valence-electron chi connectivity index (χ3n) is 5.76. The van der Waals surface area contributed by atoms with Crippen molar-refractivity contribution in [3.63, 3.8) is 0 Å². The molecule has 2 heterocycles. The highest BCUT2D eigenvalue weighted by Crippen LogP contribution is 2.62. The molecule has 0 spiro atoms. The number of nitrogens with zero attached hydrogens (tertiary/aromatic N) is 1. The summed E-state index contributed by atoms with van der Waals surface area (Å²) in [5.41, 5.74) is 0.129. The van der Waals surface area contributed by atoms with Gasteiger partial charge >= 0.3 is 0 Å². The van der Waals surface area contributed by atoms with Crippen molar-refractivity contribution in [2.45, 2.75) is 32.1 Å². The van der Waals surface area contributed by atoms with Crippen molar-refractivity contribution in [1.82, 2.24) is 10.2 Å². The summed E-state index contributed by atoms with van der Waals surface area (Å²) in [5.74, 6) is 2.77. The van der Waals surface area contributed by atoms with Crippen LogP contribution in [0.15, 0.2) is 0 Å². The predicted molar refractivity (Wildman–Crippen MR) is 65.4 cm³/mol. The van der Waals surface area contributed by atoms with Crippen LogP contribution in [0.2, 0.25) is 0 Å². The van der Waals surface area contributed by atoms with Crippen molar-refractivity contribution >= 4 is 5.91 Å². The zero-order valence-corrected chi connectivity index (χ0v) is 10.5. The standard InChI is InChI=1S/C14H22N2O/c17-13(14-4-2-1-3-12(14)5-14)16-8-10-6-15-7-11(10)9-16/h10-12,15H,1-9H2. The maximum absolute atomic E-state index is 12.7. The lowest BCUT2D eigenvalue weighted by atomic mass is 9.87. The summed E-state index contributed by atoms with van der Waals surface area (Å²) in [6.45, 7) is 4.33. The van der Waals surface area contributed by atoms with Gasteiger partial charge in [-0.05, 0) is 37.0 Å². The molecular formula is C14H22N2O. The molecule has 2 aliphatic heterocycles. The third-order valence-corrected chi connectivity index (χ3v) is 5.76. The number of carbonyl (C=O) groups excluding carboxylic acids is 1. The van der Waals surface area contributed by atoms with E-state index in [1.54, 1.807) is 0 Å². The minimum atomic E-state index is 0.129. The van der Waals surface area contributed by atoms with Crippen LogP contribution in [0.25, 0.3) is 0 Å². The van der Waals surface area contributed by atoms with E-state index in [2.05, 4.69) is 10.2 Å². The Morgan fingerprint density at radius 2 is 1.94 bits per heavy atom. The third kappa shape index (κ3) is 1.41. The molecule has 0 aromatic heterocycles. The molecule has 0 aromatic carbocycles. The Morgan fingerprint density at radius 3 is 2.65 bits per heavy atom. The molecule has 1 amide bonds. The van der Waals surface area contributed by atoms with Crippen molar-refractivity contribution in [2.75, 3.05) is 26.2 Å². The van der Waals surface area contributed by atoms with Crippen molar-refractivity contribution in [3.05, 3.63) is 0 Å². The molecule has 2 saturated carbocycles.